The van der Waals surface area contributed by atoms with Crippen molar-refractivity contribution in [2.45, 2.75) is 0 Å². The Labute approximate surface area is 55.2 Å². The van der Waals surface area contributed by atoms with E-state index in [1.807, 2.05) is 0 Å². The highest BCUT2D eigenvalue weighted by Crippen LogP contribution is 2.11. The van der Waals surface area contributed by atoms with E-state index in [4.69, 9.17) is 5.26 Å². The van der Waals surface area contributed by atoms with E-state index in [0.29, 0.717) is 0 Å². The smallest absolute Gasteiger partial charge is 0.283 e. The van der Waals surface area contributed by atoms with Gasteiger partial charge >= 0.3 is 0 Å². The minimum absolute atomic E-state index is 0.245. The molecule has 6 nitrogen and oxygen atoms in total. The van der Waals surface area contributed by atoms with Crippen LogP contribution in [0.15, 0.2) is 6.20 Å². The molecule has 0 amide bonds. The van der Waals surface area contributed by atoms with Gasteiger partial charge < -0.3 is 10.2 Å². The SMILES string of the molecule is N#Cc1n[n-]cc1[N+](=O)[O-]. The quantitative estimate of drug-likeness (QED) is 0.395. The molecule has 50 valence electrons. The molecule has 0 saturated heterocycles. The highest BCUT2D eigenvalue weighted by Gasteiger charge is 2.09. The van der Waals surface area contributed by atoms with Crippen LogP contribution in [-0.4, -0.2) is 10.0 Å². The second-order valence-electron chi connectivity index (χ2n) is 1.45. The maximum atomic E-state index is 10.0. The lowest BCUT2D eigenvalue weighted by Gasteiger charge is -1.83. The van der Waals surface area contributed by atoms with Crippen molar-refractivity contribution in [3.63, 3.8) is 0 Å². The van der Waals surface area contributed by atoms with Crippen LogP contribution in [0.25, 0.3) is 0 Å². The lowest BCUT2D eigenvalue weighted by molar-refractivity contribution is -0.385. The van der Waals surface area contributed by atoms with Crippen LogP contribution in [0, 0.1) is 21.4 Å². The monoisotopic (exact) mass is 137 g/mol. The van der Waals surface area contributed by atoms with Crippen molar-refractivity contribution < 1.29 is 4.92 Å². The molecule has 0 aliphatic heterocycles. The van der Waals surface area contributed by atoms with Crippen LogP contribution in [0.3, 0.4) is 0 Å². The van der Waals surface area contributed by atoms with Gasteiger partial charge in [-0.3, -0.25) is 10.1 Å². The molecule has 1 aromatic rings. The van der Waals surface area contributed by atoms with Gasteiger partial charge in [-0.1, -0.05) is 6.20 Å². The Balaban J connectivity index is 3.17. The zero-order valence-electron chi connectivity index (χ0n) is 4.68. The third-order valence-electron chi connectivity index (χ3n) is 0.883. The van der Waals surface area contributed by atoms with Crippen LogP contribution in [-0.2, 0) is 0 Å². The van der Waals surface area contributed by atoms with Gasteiger partial charge in [0.15, 0.2) is 5.69 Å². The van der Waals surface area contributed by atoms with Crippen LogP contribution in [0.5, 0.6) is 0 Å². The summed E-state index contributed by atoms with van der Waals surface area (Å²) in [6.45, 7) is 0. The summed E-state index contributed by atoms with van der Waals surface area (Å²) in [7, 11) is 0. The summed E-state index contributed by atoms with van der Waals surface area (Å²) in [5.41, 5.74) is -0.590. The number of nitrogens with zero attached hydrogens (tertiary/aromatic N) is 4. The predicted molar refractivity (Wildman–Crippen MR) is 28.9 cm³/mol. The number of hydrogen-bond acceptors (Lipinski definition) is 4. The van der Waals surface area contributed by atoms with Gasteiger partial charge in [-0.25, -0.2) is 0 Å². The van der Waals surface area contributed by atoms with Crippen LogP contribution in [0.4, 0.5) is 5.69 Å². The summed E-state index contributed by atoms with van der Waals surface area (Å²) in [5.74, 6) is 0. The second kappa shape index (κ2) is 2.14. The van der Waals surface area contributed by atoms with E-state index in [1.54, 1.807) is 6.07 Å². The van der Waals surface area contributed by atoms with E-state index >= 15 is 0 Å². The van der Waals surface area contributed by atoms with Gasteiger partial charge in [-0.2, -0.15) is 5.26 Å². The number of hydrogen-bond donors (Lipinski definition) is 0. The largest absolute Gasteiger partial charge is 0.575 e. The van der Waals surface area contributed by atoms with Gasteiger partial charge in [-0.15, -0.1) is 0 Å². The summed E-state index contributed by atoms with van der Waals surface area (Å²) in [5, 5.41) is 24.6. The molecular weight excluding hydrogens is 136 g/mol. The Hall–Kier alpha value is -1.90. The minimum atomic E-state index is -0.696. The Morgan fingerprint density at radius 1 is 1.90 bits per heavy atom. The lowest BCUT2D eigenvalue weighted by Crippen LogP contribution is -1.87. The topological polar surface area (TPSA) is 93.9 Å². The minimum Gasteiger partial charge on any atom is -0.575 e. The van der Waals surface area contributed by atoms with E-state index in [1.165, 1.54) is 0 Å². The maximum absolute atomic E-state index is 10.0. The van der Waals surface area contributed by atoms with E-state index < -0.39 is 4.92 Å². The molecule has 0 fully saturated rings. The number of rotatable bonds is 1. The molecule has 0 spiro atoms. The molecule has 0 radical (unpaired) electrons. The Bertz CT molecular complexity index is 296. The standard InChI is InChI=1S/C4HN4O2/c5-1-3-4(8(9)10)2-6-7-3/h2H/q-1. The molecule has 0 bridgehead atoms. The fourth-order valence-electron chi connectivity index (χ4n) is 0.467. The molecule has 0 aliphatic rings. The fourth-order valence-corrected chi connectivity index (χ4v) is 0.467. The first-order chi connectivity index (χ1) is 4.75. The Kier molecular flexibility index (Phi) is 1.33. The van der Waals surface area contributed by atoms with E-state index in [-0.39, 0.29) is 11.4 Å². The summed E-state index contributed by atoms with van der Waals surface area (Å²) < 4.78 is 0. The first kappa shape index (κ1) is 6.22. The molecule has 6 heteroatoms. The molecule has 0 saturated carbocycles. The summed E-state index contributed by atoms with van der Waals surface area (Å²) in [4.78, 5) is 9.32. The first-order valence-electron chi connectivity index (χ1n) is 2.28. The van der Waals surface area contributed by atoms with E-state index in [9.17, 15) is 10.1 Å². The number of nitriles is 1. The van der Waals surface area contributed by atoms with Gasteiger partial charge in [0.05, 0.1) is 4.92 Å². The molecule has 0 aliphatic carbocycles. The summed E-state index contributed by atoms with van der Waals surface area (Å²) in [6.07, 6.45) is 0.943. The van der Waals surface area contributed by atoms with Crippen molar-refractivity contribution >= 4 is 5.69 Å². The fraction of sp³-hybridized carbons (Fsp3) is 0. The molecule has 1 aromatic heterocycles. The van der Waals surface area contributed by atoms with E-state index in [0.717, 1.165) is 6.20 Å². The second-order valence-corrected chi connectivity index (χ2v) is 1.45. The molecular formula is C4HN4O2-. The molecule has 0 unspecified atom stereocenters. The average molecular weight is 137 g/mol. The van der Waals surface area contributed by atoms with Crippen molar-refractivity contribution in [2.75, 3.05) is 0 Å². The lowest BCUT2D eigenvalue weighted by atomic mass is 10.4. The van der Waals surface area contributed by atoms with Crippen molar-refractivity contribution in [1.29, 1.82) is 5.26 Å². The average Bonchev–Trinajstić information content (AvgIpc) is 2.33. The molecule has 1 rings (SSSR count). The van der Waals surface area contributed by atoms with Crippen LogP contribution in [0.2, 0.25) is 0 Å². The molecule has 10 heavy (non-hydrogen) atoms. The van der Waals surface area contributed by atoms with Gasteiger partial charge in [0, 0.05) is 0 Å². The maximum Gasteiger partial charge on any atom is 0.283 e. The van der Waals surface area contributed by atoms with Gasteiger partial charge in [-0.05, 0) is 0 Å². The highest BCUT2D eigenvalue weighted by atomic mass is 16.6. The Morgan fingerprint density at radius 2 is 2.60 bits per heavy atom. The van der Waals surface area contributed by atoms with Crippen LogP contribution >= 0.6 is 0 Å². The van der Waals surface area contributed by atoms with Crippen LogP contribution < -0.4 is 5.10 Å². The third kappa shape index (κ3) is 0.798. The van der Waals surface area contributed by atoms with Crippen molar-refractivity contribution in [3.05, 3.63) is 22.0 Å². The van der Waals surface area contributed by atoms with Crippen LogP contribution in [0.1, 0.15) is 5.69 Å². The number of nitro groups is 1. The zero-order chi connectivity index (χ0) is 7.56. The molecule has 0 atom stereocenters. The predicted octanol–water partition coefficient (Wildman–Crippen LogP) is -0.181. The van der Waals surface area contributed by atoms with Gasteiger partial charge in [0.2, 0.25) is 0 Å². The Morgan fingerprint density at radius 3 is 3.00 bits per heavy atom. The van der Waals surface area contributed by atoms with E-state index in [2.05, 4.69) is 10.2 Å². The zero-order valence-corrected chi connectivity index (χ0v) is 4.68. The summed E-state index contributed by atoms with van der Waals surface area (Å²) >= 11 is 0. The third-order valence-corrected chi connectivity index (χ3v) is 0.883. The van der Waals surface area contributed by atoms with Gasteiger partial charge in [0.1, 0.15) is 6.07 Å². The molecule has 0 aromatic carbocycles. The van der Waals surface area contributed by atoms with Gasteiger partial charge in [0.25, 0.3) is 5.69 Å². The summed E-state index contributed by atoms with van der Waals surface area (Å²) in [6, 6.07) is 1.54. The van der Waals surface area contributed by atoms with Crippen molar-refractivity contribution in [1.82, 2.24) is 10.2 Å². The molecule has 1 heterocycles. The van der Waals surface area contributed by atoms with Crippen molar-refractivity contribution in [3.8, 4) is 6.07 Å². The number of aromatic nitrogens is 2. The molecule has 0 N–H and O–H groups in total. The first-order valence-corrected chi connectivity index (χ1v) is 2.28. The normalized spacial score (nSPS) is 8.70. The highest BCUT2D eigenvalue weighted by molar-refractivity contribution is 5.40. The van der Waals surface area contributed by atoms with Crippen molar-refractivity contribution in [2.24, 2.45) is 0 Å².